The van der Waals surface area contributed by atoms with Crippen molar-refractivity contribution < 1.29 is 17.7 Å². The molecule has 5 nitrogen and oxygen atoms in total. The van der Waals surface area contributed by atoms with Crippen molar-refractivity contribution in [2.45, 2.75) is 81.7 Å². The third kappa shape index (κ3) is 4.65. The summed E-state index contributed by atoms with van der Waals surface area (Å²) in [7, 11) is 0. The molecular formula is C17H27F3N4OS. The molecule has 0 spiro atoms. The van der Waals surface area contributed by atoms with E-state index in [1.165, 1.54) is 0 Å². The highest BCUT2D eigenvalue weighted by Gasteiger charge is 2.67. The smallest absolute Gasteiger partial charge is 0.335 e. The molecule has 1 aromatic rings. The van der Waals surface area contributed by atoms with E-state index in [4.69, 9.17) is 4.52 Å². The van der Waals surface area contributed by atoms with Crippen molar-refractivity contribution in [1.82, 2.24) is 14.9 Å². The van der Waals surface area contributed by atoms with Crippen LogP contribution in [0.1, 0.15) is 65.1 Å². The number of halogens is 3. The van der Waals surface area contributed by atoms with Crippen LogP contribution in [-0.4, -0.2) is 33.7 Å². The van der Waals surface area contributed by atoms with E-state index in [9.17, 15) is 13.2 Å². The van der Waals surface area contributed by atoms with Crippen LogP contribution in [0.15, 0.2) is 4.52 Å². The van der Waals surface area contributed by atoms with Crippen molar-refractivity contribution in [3.8, 4) is 0 Å². The molecule has 9 heteroatoms. The van der Waals surface area contributed by atoms with E-state index in [2.05, 4.69) is 41.0 Å². The van der Waals surface area contributed by atoms with E-state index in [1.807, 2.05) is 0 Å². The van der Waals surface area contributed by atoms with Gasteiger partial charge in [0, 0.05) is 17.3 Å². The summed E-state index contributed by atoms with van der Waals surface area (Å²) < 4.78 is 48.0. The molecule has 0 aromatic carbocycles. The van der Waals surface area contributed by atoms with Crippen molar-refractivity contribution in [2.24, 2.45) is 5.92 Å². The largest absolute Gasteiger partial charge is 0.401 e. The summed E-state index contributed by atoms with van der Waals surface area (Å²) in [5, 5.41) is 6.70. The highest BCUT2D eigenvalue weighted by molar-refractivity contribution is 7.98. The Balaban J connectivity index is 1.44. The molecule has 0 atom stereocenters. The molecule has 0 aliphatic heterocycles. The van der Waals surface area contributed by atoms with Gasteiger partial charge in [-0.1, -0.05) is 17.1 Å². The van der Waals surface area contributed by atoms with E-state index in [0.717, 1.165) is 32.2 Å². The zero-order chi connectivity index (χ0) is 19.0. The van der Waals surface area contributed by atoms with Crippen LogP contribution in [-0.2, 0) is 5.41 Å². The predicted octanol–water partition coefficient (Wildman–Crippen LogP) is 4.67. The molecule has 2 fully saturated rings. The highest BCUT2D eigenvalue weighted by Crippen LogP contribution is 2.58. The third-order valence-corrected chi connectivity index (χ3v) is 5.99. The predicted molar refractivity (Wildman–Crippen MR) is 96.0 cm³/mol. The molecule has 2 saturated carbocycles. The van der Waals surface area contributed by atoms with Gasteiger partial charge in [0.15, 0.2) is 5.82 Å². The van der Waals surface area contributed by atoms with Crippen molar-refractivity contribution in [2.75, 3.05) is 11.9 Å². The third-order valence-electron chi connectivity index (χ3n) is 5.07. The van der Waals surface area contributed by atoms with Gasteiger partial charge >= 0.3 is 12.2 Å². The summed E-state index contributed by atoms with van der Waals surface area (Å²) >= 11 is 1.75. The molecule has 2 aliphatic carbocycles. The van der Waals surface area contributed by atoms with Gasteiger partial charge in [0.05, 0.1) is 0 Å². The minimum Gasteiger partial charge on any atom is -0.335 e. The molecular weight excluding hydrogens is 365 g/mol. The van der Waals surface area contributed by atoms with Crippen LogP contribution in [0.3, 0.4) is 0 Å². The maximum absolute atomic E-state index is 13.1. The second-order valence-corrected chi connectivity index (χ2v) is 10.1. The minimum atomic E-state index is -4.32. The Morgan fingerprint density at radius 2 is 1.81 bits per heavy atom. The van der Waals surface area contributed by atoms with Gasteiger partial charge in [-0.05, 0) is 65.2 Å². The first-order valence-corrected chi connectivity index (χ1v) is 9.99. The molecule has 3 rings (SSSR count). The van der Waals surface area contributed by atoms with Crippen LogP contribution in [0.4, 0.5) is 19.2 Å². The number of rotatable bonds is 6. The van der Waals surface area contributed by atoms with Crippen LogP contribution >= 0.6 is 11.9 Å². The molecule has 0 radical (unpaired) electrons. The van der Waals surface area contributed by atoms with Crippen LogP contribution in [0.2, 0.25) is 0 Å². The first-order chi connectivity index (χ1) is 12.1. The average molecular weight is 392 g/mol. The zero-order valence-electron chi connectivity index (χ0n) is 15.4. The van der Waals surface area contributed by atoms with Crippen LogP contribution < -0.4 is 10.0 Å². The van der Waals surface area contributed by atoms with Gasteiger partial charge in [0.25, 0.3) is 0 Å². The molecule has 0 bridgehead atoms. The van der Waals surface area contributed by atoms with Gasteiger partial charge in [0.1, 0.15) is 5.41 Å². The molecule has 0 saturated heterocycles. The van der Waals surface area contributed by atoms with Gasteiger partial charge in [-0.15, -0.1) is 0 Å². The maximum Gasteiger partial charge on any atom is 0.401 e. The standard InChI is InChI=1S/C17H27F3N4OS/c1-15(2,3)26-21-10-11-4-6-12(7-5-11)22-14-23-13(24-25-14)16(8-9-16)17(18,19)20/h11-12,21H,4-10H2,1-3H3,(H,22,23,24)/t11-,12-. The molecule has 0 unspecified atom stereocenters. The summed E-state index contributed by atoms with van der Waals surface area (Å²) in [6.45, 7) is 7.51. The Hall–Kier alpha value is -0.960. The molecule has 148 valence electrons. The summed E-state index contributed by atoms with van der Waals surface area (Å²) in [6, 6.07) is 0.288. The van der Waals surface area contributed by atoms with Crippen LogP contribution in [0.25, 0.3) is 0 Å². The Bertz CT molecular complexity index is 602. The van der Waals surface area contributed by atoms with Crippen molar-refractivity contribution in [1.29, 1.82) is 0 Å². The normalized spacial score (nSPS) is 25.9. The van der Waals surface area contributed by atoms with Gasteiger partial charge in [-0.25, -0.2) is 0 Å². The molecule has 0 amide bonds. The topological polar surface area (TPSA) is 63.0 Å². The summed E-state index contributed by atoms with van der Waals surface area (Å²) in [5.74, 6) is 0.394. The van der Waals surface area contributed by atoms with E-state index < -0.39 is 11.6 Å². The fraction of sp³-hybridized carbons (Fsp3) is 0.882. The van der Waals surface area contributed by atoms with E-state index in [-0.39, 0.29) is 35.5 Å². The quantitative estimate of drug-likeness (QED) is 0.686. The van der Waals surface area contributed by atoms with Gasteiger partial charge in [-0.2, -0.15) is 18.2 Å². The molecule has 2 N–H and O–H groups in total. The Morgan fingerprint density at radius 3 is 2.35 bits per heavy atom. The maximum atomic E-state index is 13.1. The van der Waals surface area contributed by atoms with E-state index >= 15 is 0 Å². The number of alkyl halides is 3. The van der Waals surface area contributed by atoms with Crippen LogP contribution in [0, 0.1) is 5.92 Å². The Labute approximate surface area is 156 Å². The number of hydrogen-bond donors (Lipinski definition) is 2. The fourth-order valence-electron chi connectivity index (χ4n) is 3.30. The fourth-order valence-corrected chi connectivity index (χ4v) is 4.05. The van der Waals surface area contributed by atoms with E-state index in [1.54, 1.807) is 11.9 Å². The van der Waals surface area contributed by atoms with Gasteiger partial charge < -0.3 is 9.84 Å². The Morgan fingerprint density at radius 1 is 1.15 bits per heavy atom. The van der Waals surface area contributed by atoms with E-state index in [0.29, 0.717) is 5.92 Å². The average Bonchev–Trinajstić information content (AvgIpc) is 3.23. The van der Waals surface area contributed by atoms with Gasteiger partial charge in [-0.3, -0.25) is 4.72 Å². The second kappa shape index (κ2) is 7.22. The summed E-state index contributed by atoms with van der Waals surface area (Å²) in [4.78, 5) is 3.98. The minimum absolute atomic E-state index is 0.0418. The number of hydrogen-bond acceptors (Lipinski definition) is 6. The summed E-state index contributed by atoms with van der Waals surface area (Å²) in [6.07, 6.45) is -0.181. The van der Waals surface area contributed by atoms with Crippen LogP contribution in [0.5, 0.6) is 0 Å². The zero-order valence-corrected chi connectivity index (χ0v) is 16.3. The number of aromatic nitrogens is 2. The number of anilines is 1. The lowest BCUT2D eigenvalue weighted by atomic mass is 9.86. The molecule has 26 heavy (non-hydrogen) atoms. The van der Waals surface area contributed by atoms with Crippen molar-refractivity contribution in [3.63, 3.8) is 0 Å². The Kier molecular flexibility index (Phi) is 5.50. The lowest BCUT2D eigenvalue weighted by Crippen LogP contribution is -2.31. The first kappa shape index (κ1) is 19.8. The highest BCUT2D eigenvalue weighted by atomic mass is 32.2. The van der Waals surface area contributed by atoms with Crippen molar-refractivity contribution in [3.05, 3.63) is 5.82 Å². The molecule has 2 aliphatic rings. The summed E-state index contributed by atoms with van der Waals surface area (Å²) in [5.41, 5.74) is -1.88. The number of nitrogens with one attached hydrogen (secondary N) is 2. The van der Waals surface area contributed by atoms with Crippen molar-refractivity contribution >= 4 is 18.0 Å². The lowest BCUT2D eigenvalue weighted by Gasteiger charge is -2.29. The number of nitrogens with zero attached hydrogens (tertiary/aromatic N) is 2. The molecule has 1 aromatic heterocycles. The SMILES string of the molecule is CC(C)(C)SNC[C@H]1CC[C@H](Nc2nc(C3(C(F)(F)F)CC3)no2)CC1. The monoisotopic (exact) mass is 392 g/mol. The first-order valence-electron chi connectivity index (χ1n) is 9.17. The lowest BCUT2D eigenvalue weighted by molar-refractivity contribution is -0.162. The van der Waals surface area contributed by atoms with Gasteiger partial charge in [0.2, 0.25) is 0 Å². The second-order valence-electron chi connectivity index (χ2n) is 8.43. The molecule has 1 heterocycles.